The number of carbonyl (C=O) groups is 1. The summed E-state index contributed by atoms with van der Waals surface area (Å²) >= 11 is 0. The van der Waals surface area contributed by atoms with E-state index >= 15 is 0 Å². The molecule has 130 valence electrons. The van der Waals surface area contributed by atoms with Crippen molar-refractivity contribution in [2.24, 2.45) is 0 Å². The Balaban J connectivity index is 2.12. The summed E-state index contributed by atoms with van der Waals surface area (Å²) in [6.07, 6.45) is 1.53. The van der Waals surface area contributed by atoms with Crippen molar-refractivity contribution in [1.29, 1.82) is 10.5 Å². The maximum absolute atomic E-state index is 12.0. The smallest absolute Gasteiger partial charge is 0.262 e. The van der Waals surface area contributed by atoms with Gasteiger partial charge in [0.15, 0.2) is 0 Å². The van der Waals surface area contributed by atoms with Gasteiger partial charge in [0.2, 0.25) is 0 Å². The second-order valence-corrected chi connectivity index (χ2v) is 5.97. The summed E-state index contributed by atoms with van der Waals surface area (Å²) < 4.78 is 5.75. The lowest BCUT2D eigenvalue weighted by Crippen LogP contribution is -2.30. The fraction of sp³-hybridized carbons (Fsp3) is 0.190. The van der Waals surface area contributed by atoms with Crippen molar-refractivity contribution in [3.63, 3.8) is 0 Å². The van der Waals surface area contributed by atoms with Crippen LogP contribution >= 0.6 is 0 Å². The quantitative estimate of drug-likeness (QED) is 0.640. The van der Waals surface area contributed by atoms with Gasteiger partial charge in [0.25, 0.3) is 5.91 Å². The summed E-state index contributed by atoms with van der Waals surface area (Å²) in [6, 6.07) is 18.3. The number of nitriles is 2. The van der Waals surface area contributed by atoms with E-state index < -0.39 is 5.91 Å². The summed E-state index contributed by atoms with van der Waals surface area (Å²) in [5.74, 6) is 0.213. The SMILES string of the molecule is CC(C)NC(=O)/C(C#N)=C/c1cccc(OCc2cccc(C#N)c2)c1. The van der Waals surface area contributed by atoms with Crippen molar-refractivity contribution in [1.82, 2.24) is 5.32 Å². The first-order valence-electron chi connectivity index (χ1n) is 8.16. The zero-order valence-corrected chi connectivity index (χ0v) is 14.7. The van der Waals surface area contributed by atoms with Gasteiger partial charge in [-0.2, -0.15) is 10.5 Å². The Kier molecular flexibility index (Phi) is 6.53. The van der Waals surface area contributed by atoms with Gasteiger partial charge in [-0.25, -0.2) is 0 Å². The average molecular weight is 345 g/mol. The van der Waals surface area contributed by atoms with Gasteiger partial charge in [0, 0.05) is 6.04 Å². The molecular formula is C21H19N3O2. The van der Waals surface area contributed by atoms with Crippen molar-refractivity contribution in [2.45, 2.75) is 26.5 Å². The van der Waals surface area contributed by atoms with Crippen LogP contribution in [0.5, 0.6) is 5.75 Å². The third-order valence-electron chi connectivity index (χ3n) is 3.42. The zero-order valence-electron chi connectivity index (χ0n) is 14.7. The van der Waals surface area contributed by atoms with Crippen molar-refractivity contribution < 1.29 is 9.53 Å². The molecule has 2 aromatic rings. The Labute approximate surface area is 153 Å². The Hall–Kier alpha value is -3.57. The standard InChI is InChI=1S/C21H19N3O2/c1-15(2)24-21(25)19(13-23)10-16-5-4-8-20(11-16)26-14-18-7-3-6-17(9-18)12-22/h3-11,15H,14H2,1-2H3,(H,24,25)/b19-10+. The van der Waals surface area contributed by atoms with Crippen molar-refractivity contribution >= 4 is 12.0 Å². The van der Waals surface area contributed by atoms with E-state index in [0.717, 1.165) is 5.56 Å². The first-order chi connectivity index (χ1) is 12.5. The fourth-order valence-corrected chi connectivity index (χ4v) is 2.25. The van der Waals surface area contributed by atoms with Gasteiger partial charge < -0.3 is 10.1 Å². The molecule has 0 spiro atoms. The monoisotopic (exact) mass is 345 g/mol. The number of benzene rings is 2. The summed E-state index contributed by atoms with van der Waals surface area (Å²) in [6.45, 7) is 3.99. The van der Waals surface area contributed by atoms with E-state index in [-0.39, 0.29) is 11.6 Å². The number of rotatable bonds is 6. The molecule has 2 aromatic carbocycles. The predicted octanol–water partition coefficient (Wildman–Crippen LogP) is 3.57. The number of nitrogens with zero attached hydrogens (tertiary/aromatic N) is 2. The number of nitrogens with one attached hydrogen (secondary N) is 1. The van der Waals surface area contributed by atoms with Crippen molar-refractivity contribution in [2.75, 3.05) is 0 Å². The minimum atomic E-state index is -0.401. The molecule has 0 aliphatic carbocycles. The van der Waals surface area contributed by atoms with E-state index in [1.54, 1.807) is 36.4 Å². The fourth-order valence-electron chi connectivity index (χ4n) is 2.25. The Bertz CT molecular complexity index is 902. The third kappa shape index (κ3) is 5.51. The number of ether oxygens (including phenoxy) is 1. The molecule has 26 heavy (non-hydrogen) atoms. The Morgan fingerprint density at radius 3 is 2.65 bits per heavy atom. The Morgan fingerprint density at radius 2 is 1.96 bits per heavy atom. The third-order valence-corrected chi connectivity index (χ3v) is 3.42. The molecule has 5 nitrogen and oxygen atoms in total. The van der Waals surface area contributed by atoms with Crippen LogP contribution in [-0.4, -0.2) is 11.9 Å². The van der Waals surface area contributed by atoms with E-state index in [1.807, 2.05) is 32.0 Å². The maximum atomic E-state index is 12.0. The molecule has 0 aliphatic rings. The lowest BCUT2D eigenvalue weighted by molar-refractivity contribution is -0.117. The normalized spacial score (nSPS) is 10.7. The van der Waals surface area contributed by atoms with Gasteiger partial charge in [0.1, 0.15) is 24.0 Å². The predicted molar refractivity (Wildman–Crippen MR) is 98.8 cm³/mol. The topological polar surface area (TPSA) is 85.9 Å². The lowest BCUT2D eigenvalue weighted by Gasteiger charge is -2.08. The molecule has 5 heteroatoms. The highest BCUT2D eigenvalue weighted by atomic mass is 16.5. The Morgan fingerprint density at radius 1 is 1.19 bits per heavy atom. The molecule has 0 fully saturated rings. The van der Waals surface area contributed by atoms with Gasteiger partial charge >= 0.3 is 0 Å². The van der Waals surface area contributed by atoms with Crippen LogP contribution in [0.2, 0.25) is 0 Å². The number of amides is 1. The van der Waals surface area contributed by atoms with Crippen LogP contribution in [0.1, 0.15) is 30.5 Å². The van der Waals surface area contributed by atoms with E-state index in [1.165, 1.54) is 6.08 Å². The molecule has 0 aliphatic heterocycles. The first-order valence-corrected chi connectivity index (χ1v) is 8.16. The highest BCUT2D eigenvalue weighted by Gasteiger charge is 2.10. The van der Waals surface area contributed by atoms with Gasteiger partial charge in [-0.3, -0.25) is 4.79 Å². The summed E-state index contributed by atoms with van der Waals surface area (Å²) in [7, 11) is 0. The molecule has 0 heterocycles. The molecule has 0 bridgehead atoms. The molecule has 2 rings (SSSR count). The summed E-state index contributed by atoms with van der Waals surface area (Å²) in [5, 5.41) is 20.8. The van der Waals surface area contributed by atoms with Crippen LogP contribution in [0.25, 0.3) is 6.08 Å². The summed E-state index contributed by atoms with van der Waals surface area (Å²) in [5.41, 5.74) is 2.21. The lowest BCUT2D eigenvalue weighted by atomic mass is 10.1. The number of hydrogen-bond acceptors (Lipinski definition) is 4. The van der Waals surface area contributed by atoms with Crippen LogP contribution in [0.3, 0.4) is 0 Å². The highest BCUT2D eigenvalue weighted by Crippen LogP contribution is 2.18. The molecule has 0 atom stereocenters. The minimum absolute atomic E-state index is 0.0394. The van der Waals surface area contributed by atoms with E-state index in [4.69, 9.17) is 10.00 Å². The number of hydrogen-bond donors (Lipinski definition) is 1. The van der Waals surface area contributed by atoms with Crippen molar-refractivity contribution in [3.05, 3.63) is 70.8 Å². The van der Waals surface area contributed by atoms with Crippen LogP contribution in [0, 0.1) is 22.7 Å². The van der Waals surface area contributed by atoms with Gasteiger partial charge in [-0.15, -0.1) is 0 Å². The average Bonchev–Trinajstić information content (AvgIpc) is 2.64. The maximum Gasteiger partial charge on any atom is 0.262 e. The van der Waals surface area contributed by atoms with E-state index in [2.05, 4.69) is 11.4 Å². The zero-order chi connectivity index (χ0) is 18.9. The molecule has 0 saturated heterocycles. The van der Waals surface area contributed by atoms with Crippen molar-refractivity contribution in [3.8, 4) is 17.9 Å². The van der Waals surface area contributed by atoms with Crippen LogP contribution in [0.4, 0.5) is 0 Å². The van der Waals surface area contributed by atoms with Gasteiger partial charge in [0.05, 0.1) is 11.6 Å². The molecule has 1 amide bonds. The van der Waals surface area contributed by atoms with Crippen LogP contribution in [0.15, 0.2) is 54.1 Å². The van der Waals surface area contributed by atoms with Crippen LogP contribution in [-0.2, 0) is 11.4 Å². The van der Waals surface area contributed by atoms with E-state index in [0.29, 0.717) is 23.5 Å². The largest absolute Gasteiger partial charge is 0.489 e. The highest BCUT2D eigenvalue weighted by molar-refractivity contribution is 6.01. The molecule has 0 unspecified atom stereocenters. The first kappa shape index (κ1) is 18.8. The van der Waals surface area contributed by atoms with Gasteiger partial charge in [-0.1, -0.05) is 24.3 Å². The minimum Gasteiger partial charge on any atom is -0.489 e. The molecule has 1 N–H and O–H groups in total. The van der Waals surface area contributed by atoms with Gasteiger partial charge in [-0.05, 0) is 55.3 Å². The molecule has 0 radical (unpaired) electrons. The second kappa shape index (κ2) is 9.05. The summed E-state index contributed by atoms with van der Waals surface area (Å²) in [4.78, 5) is 12.0. The molecular weight excluding hydrogens is 326 g/mol. The second-order valence-electron chi connectivity index (χ2n) is 5.97. The van der Waals surface area contributed by atoms with Crippen LogP contribution < -0.4 is 10.1 Å². The molecule has 0 aromatic heterocycles. The molecule has 0 saturated carbocycles. The van der Waals surface area contributed by atoms with E-state index in [9.17, 15) is 10.1 Å². The number of carbonyl (C=O) groups excluding carboxylic acids is 1.